The molecule has 0 aliphatic carbocycles. The molecule has 3 N–H and O–H groups in total. The molecule has 0 spiro atoms. The van der Waals surface area contributed by atoms with Gasteiger partial charge in [-0.1, -0.05) is 6.08 Å². The first-order chi connectivity index (χ1) is 8.42. The Bertz CT molecular complexity index is 614. The second kappa shape index (κ2) is 6.07. The lowest BCUT2D eigenvalue weighted by Gasteiger charge is -2.01. The third kappa shape index (κ3) is 4.89. The first-order valence-corrected chi connectivity index (χ1v) is 6.68. The van der Waals surface area contributed by atoms with E-state index in [1.807, 2.05) is 0 Å². The van der Waals surface area contributed by atoms with Crippen LogP contribution in [-0.4, -0.2) is 45.7 Å². The topological polar surface area (TPSA) is 121 Å². The lowest BCUT2D eigenvalue weighted by atomic mass is 10.5. The van der Waals surface area contributed by atoms with E-state index in [9.17, 15) is 8.42 Å². The van der Waals surface area contributed by atoms with Crippen LogP contribution in [0.25, 0.3) is 11.2 Å². The van der Waals surface area contributed by atoms with Crippen molar-refractivity contribution in [1.29, 1.82) is 0 Å². The lowest BCUT2D eigenvalue weighted by molar-refractivity contribution is 0.490. The van der Waals surface area contributed by atoms with Gasteiger partial charge < -0.3 is 10.3 Å². The Morgan fingerprint density at radius 3 is 2.78 bits per heavy atom. The number of nitrogens with one attached hydrogen (secondary N) is 2. The van der Waals surface area contributed by atoms with Crippen molar-refractivity contribution in [2.75, 3.05) is 18.1 Å². The Hall–Kier alpha value is -2.00. The van der Waals surface area contributed by atoms with Gasteiger partial charge >= 0.3 is 0 Å². The van der Waals surface area contributed by atoms with Gasteiger partial charge in [0, 0.05) is 6.54 Å². The van der Waals surface area contributed by atoms with Gasteiger partial charge in [-0.05, 0) is 0 Å². The van der Waals surface area contributed by atoms with Crippen molar-refractivity contribution >= 4 is 27.1 Å². The van der Waals surface area contributed by atoms with Crippen LogP contribution in [0.4, 0.5) is 5.82 Å². The minimum absolute atomic E-state index is 0.668. The molecule has 0 aliphatic rings. The molecule has 0 amide bonds. The number of anilines is 1. The number of fused-ring (bicyclic) bond motifs is 1. The lowest BCUT2D eigenvalue weighted by Crippen LogP contribution is -2.01. The van der Waals surface area contributed by atoms with Crippen molar-refractivity contribution in [3.8, 4) is 0 Å². The highest BCUT2D eigenvalue weighted by Gasteiger charge is 2.02. The second-order valence-corrected chi connectivity index (χ2v) is 4.69. The number of hydrogen-bond donors (Lipinski definition) is 3. The summed E-state index contributed by atoms with van der Waals surface area (Å²) in [6, 6.07) is 0. The highest BCUT2D eigenvalue weighted by atomic mass is 32.2. The maximum atomic E-state index is 9.19. The molecule has 2 aromatic heterocycles. The summed E-state index contributed by atoms with van der Waals surface area (Å²) in [4.78, 5) is 15.0. The standard InChI is InChI=1S/C8H9N5.CH4O3S/c1-2-3-9-7-6-8(11-4-10-6)13-5-12-7;1-5(2,3)4/h2,4-5H,1,3H2,(H2,9,10,11,12,13);1H3,(H,2,3,4). The monoisotopic (exact) mass is 271 g/mol. The summed E-state index contributed by atoms with van der Waals surface area (Å²) in [7, 11) is -3.67. The zero-order valence-electron chi connectivity index (χ0n) is 9.66. The number of rotatable bonds is 3. The Morgan fingerprint density at radius 2 is 2.17 bits per heavy atom. The largest absolute Gasteiger partial charge is 0.365 e. The molecule has 0 fully saturated rings. The van der Waals surface area contributed by atoms with E-state index < -0.39 is 10.1 Å². The molecule has 0 radical (unpaired) electrons. The molecule has 0 aliphatic heterocycles. The van der Waals surface area contributed by atoms with Crippen molar-refractivity contribution in [2.24, 2.45) is 0 Å². The van der Waals surface area contributed by atoms with Crippen LogP contribution in [0.2, 0.25) is 0 Å². The summed E-state index contributed by atoms with van der Waals surface area (Å²) >= 11 is 0. The molecule has 9 heteroatoms. The van der Waals surface area contributed by atoms with Crippen molar-refractivity contribution in [3.05, 3.63) is 25.3 Å². The Morgan fingerprint density at radius 1 is 1.50 bits per heavy atom. The first kappa shape index (κ1) is 14.1. The highest BCUT2D eigenvalue weighted by Crippen LogP contribution is 2.13. The predicted molar refractivity (Wildman–Crippen MR) is 67.8 cm³/mol. The van der Waals surface area contributed by atoms with Crippen LogP contribution in [0.3, 0.4) is 0 Å². The van der Waals surface area contributed by atoms with E-state index in [0.29, 0.717) is 18.4 Å². The molecule has 98 valence electrons. The Kier molecular flexibility index (Phi) is 4.75. The molecule has 0 saturated heterocycles. The third-order valence-electron chi connectivity index (χ3n) is 1.64. The van der Waals surface area contributed by atoms with Crippen molar-refractivity contribution in [1.82, 2.24) is 19.9 Å². The molecule has 18 heavy (non-hydrogen) atoms. The van der Waals surface area contributed by atoms with Crippen LogP contribution >= 0.6 is 0 Å². The van der Waals surface area contributed by atoms with Gasteiger partial charge in [0.1, 0.15) is 11.8 Å². The maximum Gasteiger partial charge on any atom is 0.261 e. The van der Waals surface area contributed by atoms with Crippen molar-refractivity contribution in [2.45, 2.75) is 0 Å². The van der Waals surface area contributed by atoms with Gasteiger partial charge in [0.25, 0.3) is 10.1 Å². The third-order valence-corrected chi connectivity index (χ3v) is 1.64. The first-order valence-electron chi connectivity index (χ1n) is 4.83. The minimum Gasteiger partial charge on any atom is -0.365 e. The van der Waals surface area contributed by atoms with Gasteiger partial charge in [0.15, 0.2) is 11.5 Å². The number of aromatic nitrogens is 4. The van der Waals surface area contributed by atoms with Crippen LogP contribution in [0.1, 0.15) is 0 Å². The van der Waals surface area contributed by atoms with E-state index in [0.717, 1.165) is 11.3 Å². The summed E-state index contributed by atoms with van der Waals surface area (Å²) in [5.41, 5.74) is 1.49. The molecule has 0 saturated carbocycles. The van der Waals surface area contributed by atoms with E-state index >= 15 is 0 Å². The fourth-order valence-electron chi connectivity index (χ4n) is 1.07. The number of aromatic amines is 1. The van der Waals surface area contributed by atoms with Crippen LogP contribution in [0.15, 0.2) is 25.3 Å². The Balaban J connectivity index is 0.000000280. The summed E-state index contributed by atoms with van der Waals surface area (Å²) in [6.07, 6.45) is 5.56. The maximum absolute atomic E-state index is 9.19. The second-order valence-electron chi connectivity index (χ2n) is 3.23. The van der Waals surface area contributed by atoms with Gasteiger partial charge in [-0.25, -0.2) is 15.0 Å². The van der Waals surface area contributed by atoms with E-state index in [2.05, 4.69) is 31.8 Å². The van der Waals surface area contributed by atoms with Gasteiger partial charge in [0.2, 0.25) is 0 Å². The molecular weight excluding hydrogens is 258 g/mol. The number of imidazole rings is 1. The van der Waals surface area contributed by atoms with Crippen molar-refractivity contribution < 1.29 is 13.0 Å². The number of hydrogen-bond acceptors (Lipinski definition) is 6. The molecule has 8 nitrogen and oxygen atoms in total. The summed E-state index contributed by atoms with van der Waals surface area (Å²) in [6.45, 7) is 4.28. The van der Waals surface area contributed by atoms with Gasteiger partial charge in [-0.2, -0.15) is 8.42 Å². The van der Waals surface area contributed by atoms with Crippen LogP contribution in [-0.2, 0) is 10.1 Å². The molecule has 0 atom stereocenters. The van der Waals surface area contributed by atoms with E-state index in [1.54, 1.807) is 12.4 Å². The molecular formula is C9H13N5O3S. The molecule has 2 rings (SSSR count). The van der Waals surface area contributed by atoms with Crippen LogP contribution < -0.4 is 5.32 Å². The fourth-order valence-corrected chi connectivity index (χ4v) is 1.07. The predicted octanol–water partition coefficient (Wildman–Crippen LogP) is 0.455. The van der Waals surface area contributed by atoms with Crippen LogP contribution in [0, 0.1) is 0 Å². The summed E-state index contributed by atoms with van der Waals surface area (Å²) in [5, 5.41) is 3.08. The minimum atomic E-state index is -3.67. The Labute approximate surface area is 104 Å². The zero-order chi connectivity index (χ0) is 13.6. The molecule has 0 aromatic carbocycles. The zero-order valence-corrected chi connectivity index (χ0v) is 10.5. The fraction of sp³-hybridized carbons (Fsp3) is 0.222. The smallest absolute Gasteiger partial charge is 0.261 e. The SMILES string of the molecule is C=CCNc1ncnc2nc[nH]c12.CS(=O)(=O)O. The van der Waals surface area contributed by atoms with E-state index in [4.69, 9.17) is 4.55 Å². The highest BCUT2D eigenvalue weighted by molar-refractivity contribution is 7.85. The van der Waals surface area contributed by atoms with Crippen LogP contribution in [0.5, 0.6) is 0 Å². The summed E-state index contributed by atoms with van der Waals surface area (Å²) in [5.74, 6) is 0.752. The van der Waals surface area contributed by atoms with E-state index in [1.165, 1.54) is 6.33 Å². The van der Waals surface area contributed by atoms with Gasteiger partial charge in [-0.3, -0.25) is 4.55 Å². The number of nitrogens with zero attached hydrogens (tertiary/aromatic N) is 3. The van der Waals surface area contributed by atoms with Crippen molar-refractivity contribution in [3.63, 3.8) is 0 Å². The van der Waals surface area contributed by atoms with Gasteiger partial charge in [0.05, 0.1) is 12.6 Å². The normalized spacial score (nSPS) is 10.6. The molecule has 2 aromatic rings. The number of H-pyrrole nitrogens is 1. The average molecular weight is 271 g/mol. The van der Waals surface area contributed by atoms with Gasteiger partial charge in [-0.15, -0.1) is 6.58 Å². The summed E-state index contributed by atoms with van der Waals surface area (Å²) < 4.78 is 25.9. The quantitative estimate of drug-likeness (QED) is 0.547. The average Bonchev–Trinajstić information content (AvgIpc) is 2.72. The molecule has 0 unspecified atom stereocenters. The van der Waals surface area contributed by atoms with E-state index in [-0.39, 0.29) is 0 Å². The molecule has 2 heterocycles. The molecule has 0 bridgehead atoms.